The number of hydrogen-bond acceptors (Lipinski definition) is 5. The van der Waals surface area contributed by atoms with E-state index < -0.39 is 9.84 Å². The lowest BCUT2D eigenvalue weighted by atomic mass is 9.96. The van der Waals surface area contributed by atoms with Gasteiger partial charge in [-0.05, 0) is 35.4 Å². The molecule has 0 radical (unpaired) electrons. The average molecular weight is 365 g/mol. The zero-order chi connectivity index (χ0) is 18.3. The fourth-order valence-electron chi connectivity index (χ4n) is 3.05. The SMILES string of the molecule is CS(=O)(=O)c1ccc(C2=C(c3ccc4cccnc4c3)C(=O)OC2)cc1. The lowest BCUT2D eigenvalue weighted by Crippen LogP contribution is -1.99. The highest BCUT2D eigenvalue weighted by atomic mass is 32.2. The van der Waals surface area contributed by atoms with Crippen molar-refractivity contribution in [3.8, 4) is 0 Å². The Morgan fingerprint density at radius 3 is 2.46 bits per heavy atom. The molecule has 0 fully saturated rings. The lowest BCUT2D eigenvalue weighted by Gasteiger charge is -2.07. The second kappa shape index (κ2) is 6.07. The quantitative estimate of drug-likeness (QED) is 0.667. The van der Waals surface area contributed by atoms with Crippen LogP contribution in [0, 0.1) is 0 Å². The topological polar surface area (TPSA) is 73.3 Å². The van der Waals surface area contributed by atoms with Crippen molar-refractivity contribution < 1.29 is 17.9 Å². The third kappa shape index (κ3) is 2.88. The second-order valence-corrected chi connectivity index (χ2v) is 8.15. The zero-order valence-electron chi connectivity index (χ0n) is 14.0. The minimum atomic E-state index is -3.27. The van der Waals surface area contributed by atoms with Gasteiger partial charge in [0.2, 0.25) is 0 Å². The third-order valence-electron chi connectivity index (χ3n) is 4.38. The molecule has 2 heterocycles. The number of benzene rings is 2. The molecule has 1 aliphatic heterocycles. The summed E-state index contributed by atoms with van der Waals surface area (Å²) in [5, 5.41) is 0.988. The van der Waals surface area contributed by atoms with Crippen LogP contribution < -0.4 is 0 Å². The van der Waals surface area contributed by atoms with E-state index in [-0.39, 0.29) is 17.5 Å². The van der Waals surface area contributed by atoms with Crippen molar-refractivity contribution in [2.45, 2.75) is 4.90 Å². The molecule has 0 N–H and O–H groups in total. The van der Waals surface area contributed by atoms with Crippen LogP contribution in [0.3, 0.4) is 0 Å². The Morgan fingerprint density at radius 1 is 1.00 bits per heavy atom. The van der Waals surface area contributed by atoms with Crippen molar-refractivity contribution >= 4 is 37.9 Å². The number of fused-ring (bicyclic) bond motifs is 1. The summed E-state index contributed by atoms with van der Waals surface area (Å²) in [6.07, 6.45) is 2.87. The van der Waals surface area contributed by atoms with Gasteiger partial charge in [-0.2, -0.15) is 0 Å². The molecule has 3 aromatic rings. The summed E-state index contributed by atoms with van der Waals surface area (Å²) >= 11 is 0. The number of ether oxygens (including phenoxy) is 1. The van der Waals surface area contributed by atoms with E-state index in [0.717, 1.165) is 33.9 Å². The maximum Gasteiger partial charge on any atom is 0.339 e. The summed E-state index contributed by atoms with van der Waals surface area (Å²) in [7, 11) is -3.27. The number of hydrogen-bond donors (Lipinski definition) is 0. The van der Waals surface area contributed by atoms with Crippen molar-refractivity contribution in [1.29, 1.82) is 0 Å². The molecular formula is C20H15NO4S. The molecule has 1 aliphatic rings. The van der Waals surface area contributed by atoms with Crippen molar-refractivity contribution in [2.75, 3.05) is 12.9 Å². The van der Waals surface area contributed by atoms with E-state index in [9.17, 15) is 13.2 Å². The molecule has 0 bridgehead atoms. The molecule has 0 spiro atoms. The summed E-state index contributed by atoms with van der Waals surface area (Å²) < 4.78 is 28.5. The molecule has 0 saturated heterocycles. The molecule has 130 valence electrons. The molecule has 6 heteroatoms. The van der Waals surface area contributed by atoms with Gasteiger partial charge in [0.05, 0.1) is 16.0 Å². The van der Waals surface area contributed by atoms with Crippen molar-refractivity contribution in [1.82, 2.24) is 4.98 Å². The van der Waals surface area contributed by atoms with Gasteiger partial charge in [-0.25, -0.2) is 13.2 Å². The molecule has 5 nitrogen and oxygen atoms in total. The molecule has 2 aromatic carbocycles. The minimum absolute atomic E-state index is 0.159. The highest BCUT2D eigenvalue weighted by Crippen LogP contribution is 2.34. The van der Waals surface area contributed by atoms with Crippen LogP contribution in [0.1, 0.15) is 11.1 Å². The third-order valence-corrected chi connectivity index (χ3v) is 5.51. The maximum absolute atomic E-state index is 12.3. The maximum atomic E-state index is 12.3. The van der Waals surface area contributed by atoms with E-state index in [2.05, 4.69) is 4.98 Å². The van der Waals surface area contributed by atoms with E-state index in [1.807, 2.05) is 30.3 Å². The normalized spacial score (nSPS) is 14.7. The Labute approximate surface area is 150 Å². The van der Waals surface area contributed by atoms with Gasteiger partial charge in [0.25, 0.3) is 0 Å². The zero-order valence-corrected chi connectivity index (χ0v) is 14.8. The Morgan fingerprint density at radius 2 is 1.73 bits per heavy atom. The molecule has 1 aromatic heterocycles. The first-order valence-corrected chi connectivity index (χ1v) is 9.88. The van der Waals surface area contributed by atoms with Crippen LogP contribution in [0.4, 0.5) is 0 Å². The number of rotatable bonds is 3. The van der Waals surface area contributed by atoms with Crippen LogP contribution in [0.5, 0.6) is 0 Å². The van der Waals surface area contributed by atoms with Crippen LogP contribution in [0.25, 0.3) is 22.0 Å². The number of pyridine rings is 1. The summed E-state index contributed by atoms with van der Waals surface area (Å²) in [6.45, 7) is 0.159. The van der Waals surface area contributed by atoms with Crippen LogP contribution in [0.2, 0.25) is 0 Å². The number of esters is 1. The summed E-state index contributed by atoms with van der Waals surface area (Å²) in [5.74, 6) is -0.387. The second-order valence-electron chi connectivity index (χ2n) is 6.14. The number of cyclic esters (lactones) is 1. The van der Waals surface area contributed by atoms with Gasteiger partial charge in [0.1, 0.15) is 6.61 Å². The van der Waals surface area contributed by atoms with Gasteiger partial charge in [0.15, 0.2) is 9.84 Å². The lowest BCUT2D eigenvalue weighted by molar-refractivity contribution is -0.133. The monoisotopic (exact) mass is 365 g/mol. The predicted molar refractivity (Wildman–Crippen MR) is 99.1 cm³/mol. The summed E-state index contributed by atoms with van der Waals surface area (Å²) in [5.41, 5.74) is 3.53. The van der Waals surface area contributed by atoms with E-state index >= 15 is 0 Å². The van der Waals surface area contributed by atoms with Gasteiger partial charge in [-0.15, -0.1) is 0 Å². The summed E-state index contributed by atoms with van der Waals surface area (Å²) in [6, 6.07) is 16.0. The van der Waals surface area contributed by atoms with Gasteiger partial charge in [-0.1, -0.05) is 30.3 Å². The number of sulfone groups is 1. The summed E-state index contributed by atoms with van der Waals surface area (Å²) in [4.78, 5) is 16.9. The molecule has 0 amide bonds. The minimum Gasteiger partial charge on any atom is -0.457 e. The number of nitrogens with zero attached hydrogens (tertiary/aromatic N) is 1. The fourth-order valence-corrected chi connectivity index (χ4v) is 3.68. The highest BCUT2D eigenvalue weighted by Gasteiger charge is 2.27. The van der Waals surface area contributed by atoms with Gasteiger partial charge in [-0.3, -0.25) is 4.98 Å². The molecular weight excluding hydrogens is 350 g/mol. The van der Waals surface area contributed by atoms with Crippen LogP contribution >= 0.6 is 0 Å². The first-order chi connectivity index (χ1) is 12.4. The smallest absolute Gasteiger partial charge is 0.339 e. The molecule has 0 atom stereocenters. The van der Waals surface area contributed by atoms with Crippen molar-refractivity contribution in [3.63, 3.8) is 0 Å². The Bertz CT molecular complexity index is 1160. The first-order valence-electron chi connectivity index (χ1n) is 7.99. The van der Waals surface area contributed by atoms with Crippen LogP contribution in [-0.4, -0.2) is 32.2 Å². The Kier molecular flexibility index (Phi) is 3.85. The first kappa shape index (κ1) is 16.5. The van der Waals surface area contributed by atoms with E-state index in [1.54, 1.807) is 30.5 Å². The largest absolute Gasteiger partial charge is 0.457 e. The van der Waals surface area contributed by atoms with Crippen LogP contribution in [0.15, 0.2) is 65.7 Å². The Hall–Kier alpha value is -2.99. The number of carbonyl (C=O) groups excluding carboxylic acids is 1. The molecule has 0 saturated carbocycles. The molecule has 26 heavy (non-hydrogen) atoms. The average Bonchev–Trinajstić information content (AvgIpc) is 3.02. The van der Waals surface area contributed by atoms with Gasteiger partial charge >= 0.3 is 5.97 Å². The van der Waals surface area contributed by atoms with Crippen molar-refractivity contribution in [3.05, 3.63) is 71.9 Å². The molecule has 0 aliphatic carbocycles. The van der Waals surface area contributed by atoms with E-state index in [0.29, 0.717) is 5.57 Å². The van der Waals surface area contributed by atoms with Crippen molar-refractivity contribution in [2.24, 2.45) is 0 Å². The van der Waals surface area contributed by atoms with Gasteiger partial charge in [0, 0.05) is 23.4 Å². The van der Waals surface area contributed by atoms with E-state index in [1.165, 1.54) is 0 Å². The fraction of sp³-hybridized carbons (Fsp3) is 0.100. The number of aromatic nitrogens is 1. The van der Waals surface area contributed by atoms with E-state index in [4.69, 9.17) is 4.74 Å². The highest BCUT2D eigenvalue weighted by molar-refractivity contribution is 7.90. The predicted octanol–water partition coefficient (Wildman–Crippen LogP) is 3.11. The molecule has 0 unspecified atom stereocenters. The van der Waals surface area contributed by atoms with Crippen LogP contribution in [-0.2, 0) is 19.4 Å². The van der Waals surface area contributed by atoms with Gasteiger partial charge < -0.3 is 4.74 Å². The Balaban J connectivity index is 1.84. The molecule has 4 rings (SSSR count). The standard InChI is InChI=1S/C20H15NO4S/c1-26(23,24)16-8-6-13(7-9-16)17-12-25-20(22)19(17)15-5-4-14-3-2-10-21-18(14)11-15/h2-11H,12H2,1H3. The number of carbonyl (C=O) groups is 1.